The first-order valence-electron chi connectivity index (χ1n) is 5.13. The molecule has 17 heavy (non-hydrogen) atoms. The number of hydrogen-bond donors (Lipinski definition) is 2. The van der Waals surface area contributed by atoms with Crippen molar-refractivity contribution in [3.05, 3.63) is 35.4 Å². The number of aliphatic hydroxyl groups excluding tert-OH is 1. The molecule has 2 N–H and O–H groups in total. The van der Waals surface area contributed by atoms with Gasteiger partial charge in [-0.2, -0.15) is 0 Å². The van der Waals surface area contributed by atoms with E-state index < -0.39 is 18.2 Å². The third kappa shape index (κ3) is 3.26. The summed E-state index contributed by atoms with van der Waals surface area (Å²) in [5.41, 5.74) is 0.940. The van der Waals surface area contributed by atoms with Crippen LogP contribution in [0.5, 0.6) is 0 Å². The van der Waals surface area contributed by atoms with E-state index in [1.807, 2.05) is 0 Å². The zero-order valence-corrected chi connectivity index (χ0v) is 9.79. The predicted octanol–water partition coefficient (Wildman–Crippen LogP) is 1.14. The molecule has 0 aliphatic carbocycles. The van der Waals surface area contributed by atoms with Gasteiger partial charge in [-0.1, -0.05) is 24.3 Å². The molecule has 5 nitrogen and oxygen atoms in total. The molecule has 0 saturated carbocycles. The Balaban J connectivity index is 3.09. The van der Waals surface area contributed by atoms with Crippen LogP contribution in [0.1, 0.15) is 23.3 Å². The summed E-state index contributed by atoms with van der Waals surface area (Å²) in [5.74, 6) is -1.29. The maximum Gasteiger partial charge on any atom is 0.337 e. The minimum absolute atomic E-state index is 0.292. The van der Waals surface area contributed by atoms with E-state index in [1.165, 1.54) is 14.2 Å². The van der Waals surface area contributed by atoms with E-state index in [0.29, 0.717) is 17.7 Å². The van der Waals surface area contributed by atoms with Crippen LogP contribution in [0.3, 0.4) is 0 Å². The molecule has 0 radical (unpaired) electrons. The van der Waals surface area contributed by atoms with E-state index in [0.717, 1.165) is 0 Å². The second-order valence-electron chi connectivity index (χ2n) is 3.55. The lowest BCUT2D eigenvalue weighted by Gasteiger charge is -2.19. The third-order valence-corrected chi connectivity index (χ3v) is 2.47. The Bertz CT molecular complexity index is 377. The lowest BCUT2D eigenvalue weighted by Crippen LogP contribution is -2.17. The van der Waals surface area contributed by atoms with Crippen LogP contribution in [-0.4, -0.2) is 37.0 Å². The maximum absolute atomic E-state index is 10.8. The highest BCUT2D eigenvalue weighted by molar-refractivity contribution is 5.74. The summed E-state index contributed by atoms with van der Waals surface area (Å²) in [4.78, 5) is 10.8. The van der Waals surface area contributed by atoms with Gasteiger partial charge in [0, 0.05) is 14.2 Å². The monoisotopic (exact) mass is 240 g/mol. The number of methoxy groups -OCH3 is 2. The molecule has 0 heterocycles. The van der Waals surface area contributed by atoms with Crippen LogP contribution in [0.4, 0.5) is 0 Å². The summed E-state index contributed by atoms with van der Waals surface area (Å²) in [6, 6.07) is 6.71. The number of benzene rings is 1. The molecule has 0 aliphatic heterocycles. The zero-order chi connectivity index (χ0) is 12.8. The van der Waals surface area contributed by atoms with Crippen LogP contribution in [0.2, 0.25) is 0 Å². The van der Waals surface area contributed by atoms with Gasteiger partial charge in [0.1, 0.15) is 6.10 Å². The first-order valence-corrected chi connectivity index (χ1v) is 5.13. The maximum atomic E-state index is 10.8. The van der Waals surface area contributed by atoms with Crippen molar-refractivity contribution in [2.24, 2.45) is 0 Å². The Hall–Kier alpha value is -1.43. The fourth-order valence-corrected chi connectivity index (χ4v) is 1.62. The van der Waals surface area contributed by atoms with Gasteiger partial charge in [0.15, 0.2) is 6.10 Å². The predicted molar refractivity (Wildman–Crippen MR) is 60.7 cm³/mol. The van der Waals surface area contributed by atoms with E-state index in [1.54, 1.807) is 24.3 Å². The van der Waals surface area contributed by atoms with E-state index >= 15 is 0 Å². The minimum atomic E-state index is -1.55. The summed E-state index contributed by atoms with van der Waals surface area (Å²) in [5, 5.41) is 18.4. The molecule has 2 atom stereocenters. The van der Waals surface area contributed by atoms with Gasteiger partial charge in [0.25, 0.3) is 0 Å². The molecule has 0 aliphatic rings. The summed E-state index contributed by atoms with van der Waals surface area (Å²) in [7, 11) is 3.04. The molecule has 5 heteroatoms. The lowest BCUT2D eigenvalue weighted by atomic mass is 9.98. The molecule has 2 unspecified atom stereocenters. The fourth-order valence-electron chi connectivity index (χ4n) is 1.62. The molecule has 0 spiro atoms. The lowest BCUT2D eigenvalue weighted by molar-refractivity contribution is -0.147. The Morgan fingerprint density at radius 2 is 1.88 bits per heavy atom. The SMILES string of the molecule is COCC(OC)c1ccccc1C(O)C(=O)O. The standard InChI is InChI=1S/C12H16O5/c1-16-7-10(17-2)8-5-3-4-6-9(8)11(13)12(14)15/h3-6,10-11,13H,7H2,1-2H3,(H,14,15). The van der Waals surface area contributed by atoms with Crippen LogP contribution >= 0.6 is 0 Å². The van der Waals surface area contributed by atoms with Crippen molar-refractivity contribution in [3.63, 3.8) is 0 Å². The normalized spacial score (nSPS) is 14.3. The van der Waals surface area contributed by atoms with Crippen molar-refractivity contribution in [2.45, 2.75) is 12.2 Å². The number of ether oxygens (including phenoxy) is 2. The van der Waals surface area contributed by atoms with Crippen LogP contribution < -0.4 is 0 Å². The highest BCUT2D eigenvalue weighted by Crippen LogP contribution is 2.26. The van der Waals surface area contributed by atoms with E-state index in [-0.39, 0.29) is 0 Å². The quantitative estimate of drug-likeness (QED) is 0.779. The van der Waals surface area contributed by atoms with Crippen molar-refractivity contribution >= 4 is 5.97 Å². The van der Waals surface area contributed by atoms with Crippen molar-refractivity contribution in [1.82, 2.24) is 0 Å². The summed E-state index contributed by atoms with van der Waals surface area (Å²) >= 11 is 0. The largest absolute Gasteiger partial charge is 0.479 e. The van der Waals surface area contributed by atoms with E-state index in [4.69, 9.17) is 14.6 Å². The zero-order valence-electron chi connectivity index (χ0n) is 9.79. The topological polar surface area (TPSA) is 76.0 Å². The van der Waals surface area contributed by atoms with Gasteiger partial charge in [0.2, 0.25) is 0 Å². The molecular formula is C12H16O5. The van der Waals surface area contributed by atoms with Gasteiger partial charge in [-0.3, -0.25) is 0 Å². The third-order valence-electron chi connectivity index (χ3n) is 2.47. The van der Waals surface area contributed by atoms with E-state index in [2.05, 4.69) is 0 Å². The highest BCUT2D eigenvalue weighted by Gasteiger charge is 2.23. The first kappa shape index (κ1) is 13.6. The van der Waals surface area contributed by atoms with Crippen molar-refractivity contribution in [2.75, 3.05) is 20.8 Å². The number of carboxylic acid groups (broad SMARTS) is 1. The molecule has 1 aromatic carbocycles. The van der Waals surface area contributed by atoms with Gasteiger partial charge >= 0.3 is 5.97 Å². The molecule has 0 bridgehead atoms. The Labute approximate surface area is 99.6 Å². The molecular weight excluding hydrogens is 224 g/mol. The van der Waals surface area contributed by atoms with Gasteiger partial charge < -0.3 is 19.7 Å². The van der Waals surface area contributed by atoms with Crippen LogP contribution in [0.15, 0.2) is 24.3 Å². The van der Waals surface area contributed by atoms with Gasteiger partial charge in [-0.05, 0) is 11.1 Å². The van der Waals surface area contributed by atoms with Crippen LogP contribution in [0, 0.1) is 0 Å². The van der Waals surface area contributed by atoms with Crippen LogP contribution in [0.25, 0.3) is 0 Å². The molecule has 1 rings (SSSR count). The molecule has 1 aromatic rings. The number of aliphatic hydroxyl groups is 1. The minimum Gasteiger partial charge on any atom is -0.479 e. The van der Waals surface area contributed by atoms with Crippen molar-refractivity contribution < 1.29 is 24.5 Å². The Kier molecular flexibility index (Phi) is 5.09. The number of carbonyl (C=O) groups is 1. The fraction of sp³-hybridized carbons (Fsp3) is 0.417. The van der Waals surface area contributed by atoms with Gasteiger partial charge in [0.05, 0.1) is 6.61 Å². The number of carboxylic acids is 1. The molecule has 94 valence electrons. The second kappa shape index (κ2) is 6.34. The van der Waals surface area contributed by atoms with Crippen LogP contribution in [-0.2, 0) is 14.3 Å². The highest BCUT2D eigenvalue weighted by atomic mass is 16.5. The average Bonchev–Trinajstić information content (AvgIpc) is 2.35. The summed E-state index contributed by atoms with van der Waals surface area (Å²) < 4.78 is 10.2. The smallest absolute Gasteiger partial charge is 0.337 e. The summed E-state index contributed by atoms with van der Waals surface area (Å²) in [6.07, 6.45) is -1.95. The van der Waals surface area contributed by atoms with E-state index in [9.17, 15) is 9.90 Å². The van der Waals surface area contributed by atoms with Gasteiger partial charge in [-0.15, -0.1) is 0 Å². The Morgan fingerprint density at radius 1 is 1.29 bits per heavy atom. The van der Waals surface area contributed by atoms with Crippen molar-refractivity contribution in [1.29, 1.82) is 0 Å². The molecule has 0 saturated heterocycles. The molecule has 0 amide bonds. The molecule has 0 fully saturated rings. The number of aliphatic carboxylic acids is 1. The molecule has 0 aromatic heterocycles. The first-order chi connectivity index (χ1) is 8.11. The second-order valence-corrected chi connectivity index (χ2v) is 3.55. The summed E-state index contributed by atoms with van der Waals surface area (Å²) in [6.45, 7) is 0.292. The average molecular weight is 240 g/mol. The number of rotatable bonds is 6. The Morgan fingerprint density at radius 3 is 2.35 bits per heavy atom. The van der Waals surface area contributed by atoms with Gasteiger partial charge in [-0.25, -0.2) is 4.79 Å². The van der Waals surface area contributed by atoms with Crippen molar-refractivity contribution in [3.8, 4) is 0 Å². The number of hydrogen-bond acceptors (Lipinski definition) is 4.